The maximum atomic E-state index is 12.3. The average Bonchev–Trinajstić information content (AvgIpc) is 2.38. The molecule has 0 spiro atoms. The largest absolute Gasteiger partial charge is 0.480 e. The van der Waals surface area contributed by atoms with Crippen molar-refractivity contribution < 1.29 is 14.7 Å². The molecule has 1 aliphatic heterocycles. The second-order valence-electron chi connectivity index (χ2n) is 4.52. The number of carbonyl (C=O) groups excluding carboxylic acids is 1. The highest BCUT2D eigenvalue weighted by atomic mass is 16.4. The minimum absolute atomic E-state index is 0.278. The van der Waals surface area contributed by atoms with Crippen LogP contribution in [0.3, 0.4) is 0 Å². The summed E-state index contributed by atoms with van der Waals surface area (Å²) in [5.74, 6) is -1.21. The van der Waals surface area contributed by atoms with E-state index in [2.05, 4.69) is 4.98 Å². The van der Waals surface area contributed by atoms with Gasteiger partial charge in [-0.1, -0.05) is 6.07 Å². The Hall–Kier alpha value is -1.91. The number of aliphatic carboxylic acids is 1. The summed E-state index contributed by atoms with van der Waals surface area (Å²) in [6, 6.07) is 2.85. The number of aromatic nitrogens is 1. The van der Waals surface area contributed by atoms with E-state index >= 15 is 0 Å². The Balaban J connectivity index is 2.27. The van der Waals surface area contributed by atoms with Crippen LogP contribution in [0.15, 0.2) is 18.3 Å². The van der Waals surface area contributed by atoms with Gasteiger partial charge in [0.15, 0.2) is 0 Å². The number of pyridine rings is 1. The van der Waals surface area contributed by atoms with Crippen molar-refractivity contribution in [3.8, 4) is 0 Å². The predicted octanol–water partition coefficient (Wildman–Crippen LogP) is 1.47. The summed E-state index contributed by atoms with van der Waals surface area (Å²) in [5.41, 5.74) is 1.13. The van der Waals surface area contributed by atoms with E-state index in [9.17, 15) is 9.59 Å². The molecule has 1 aliphatic rings. The molecule has 0 aromatic carbocycles. The fraction of sp³-hybridized carbons (Fsp3) is 0.462. The zero-order valence-electron chi connectivity index (χ0n) is 10.3. The van der Waals surface area contributed by atoms with Crippen molar-refractivity contribution in [1.29, 1.82) is 0 Å². The van der Waals surface area contributed by atoms with Gasteiger partial charge in [0, 0.05) is 12.7 Å². The summed E-state index contributed by atoms with van der Waals surface area (Å²) < 4.78 is 0. The highest BCUT2D eigenvalue weighted by Crippen LogP contribution is 2.20. The third-order valence-electron chi connectivity index (χ3n) is 3.26. The fourth-order valence-corrected chi connectivity index (χ4v) is 2.28. The molecule has 1 fully saturated rings. The van der Waals surface area contributed by atoms with E-state index in [0.717, 1.165) is 18.4 Å². The standard InChI is InChI=1S/C13H16N2O3/c1-9-5-4-7-14-11(9)12(16)15-8-3-2-6-10(15)13(17)18/h4-5,7,10H,2-3,6,8H2,1H3,(H,17,18)/t10-/m0/s1. The number of carboxylic acid groups (broad SMARTS) is 1. The molecule has 1 N–H and O–H groups in total. The average molecular weight is 248 g/mol. The maximum absolute atomic E-state index is 12.3. The van der Waals surface area contributed by atoms with Gasteiger partial charge in [0.25, 0.3) is 5.91 Å². The van der Waals surface area contributed by atoms with Crippen LogP contribution in [0, 0.1) is 6.92 Å². The summed E-state index contributed by atoms with van der Waals surface area (Å²) in [6.45, 7) is 2.30. The molecule has 1 amide bonds. The van der Waals surface area contributed by atoms with Gasteiger partial charge in [-0.25, -0.2) is 4.79 Å². The first kappa shape index (κ1) is 12.5. The SMILES string of the molecule is Cc1cccnc1C(=O)N1CCCC[C@H]1C(=O)O. The van der Waals surface area contributed by atoms with Crippen molar-refractivity contribution in [2.75, 3.05) is 6.54 Å². The van der Waals surface area contributed by atoms with Gasteiger partial charge in [-0.05, 0) is 37.8 Å². The van der Waals surface area contributed by atoms with Crippen LogP contribution in [0.2, 0.25) is 0 Å². The minimum Gasteiger partial charge on any atom is -0.480 e. The Morgan fingerprint density at radius 2 is 2.22 bits per heavy atom. The lowest BCUT2D eigenvalue weighted by molar-refractivity contribution is -0.143. The molecule has 0 unspecified atom stereocenters. The fourth-order valence-electron chi connectivity index (χ4n) is 2.28. The number of carboxylic acids is 1. The number of piperidine rings is 1. The van der Waals surface area contributed by atoms with Gasteiger partial charge in [0.05, 0.1) is 0 Å². The van der Waals surface area contributed by atoms with E-state index in [1.807, 2.05) is 0 Å². The highest BCUT2D eigenvalue weighted by molar-refractivity contribution is 5.96. The zero-order valence-corrected chi connectivity index (χ0v) is 10.3. The number of amides is 1. The Morgan fingerprint density at radius 3 is 2.89 bits per heavy atom. The van der Waals surface area contributed by atoms with E-state index < -0.39 is 12.0 Å². The quantitative estimate of drug-likeness (QED) is 0.860. The van der Waals surface area contributed by atoms with Crippen molar-refractivity contribution in [3.63, 3.8) is 0 Å². The number of likely N-dealkylation sites (tertiary alicyclic amines) is 1. The molecule has 1 saturated heterocycles. The summed E-state index contributed by atoms with van der Waals surface area (Å²) in [6.07, 6.45) is 3.77. The smallest absolute Gasteiger partial charge is 0.326 e. The van der Waals surface area contributed by atoms with E-state index in [1.165, 1.54) is 4.90 Å². The molecule has 0 bridgehead atoms. The molecule has 2 heterocycles. The Morgan fingerprint density at radius 1 is 1.44 bits per heavy atom. The first-order valence-corrected chi connectivity index (χ1v) is 6.06. The second-order valence-corrected chi connectivity index (χ2v) is 4.52. The summed E-state index contributed by atoms with van der Waals surface area (Å²) in [7, 11) is 0. The van der Waals surface area contributed by atoms with Crippen molar-refractivity contribution in [2.24, 2.45) is 0 Å². The summed E-state index contributed by atoms with van der Waals surface area (Å²) in [4.78, 5) is 29.0. The predicted molar refractivity (Wildman–Crippen MR) is 65.3 cm³/mol. The van der Waals surface area contributed by atoms with Gasteiger partial charge in [0.2, 0.25) is 0 Å². The van der Waals surface area contributed by atoms with Crippen molar-refractivity contribution in [2.45, 2.75) is 32.2 Å². The molecule has 2 rings (SSSR count). The van der Waals surface area contributed by atoms with E-state index in [-0.39, 0.29) is 5.91 Å². The summed E-state index contributed by atoms with van der Waals surface area (Å²) in [5, 5.41) is 9.16. The van der Waals surface area contributed by atoms with Crippen LogP contribution >= 0.6 is 0 Å². The van der Waals surface area contributed by atoms with Crippen LogP contribution in [-0.4, -0.2) is 39.5 Å². The topological polar surface area (TPSA) is 70.5 Å². The van der Waals surface area contributed by atoms with E-state index in [0.29, 0.717) is 18.7 Å². The van der Waals surface area contributed by atoms with E-state index in [1.54, 1.807) is 25.3 Å². The molecule has 18 heavy (non-hydrogen) atoms. The first-order chi connectivity index (χ1) is 8.61. The summed E-state index contributed by atoms with van der Waals surface area (Å²) >= 11 is 0. The van der Waals surface area contributed by atoms with Gasteiger partial charge >= 0.3 is 5.97 Å². The Bertz CT molecular complexity index is 473. The number of nitrogens with zero attached hydrogens (tertiary/aromatic N) is 2. The lowest BCUT2D eigenvalue weighted by atomic mass is 10.0. The van der Waals surface area contributed by atoms with Gasteiger partial charge in [-0.3, -0.25) is 9.78 Å². The van der Waals surface area contributed by atoms with Crippen LogP contribution in [0.1, 0.15) is 35.3 Å². The van der Waals surface area contributed by atoms with Crippen molar-refractivity contribution in [1.82, 2.24) is 9.88 Å². The molecule has 0 saturated carbocycles. The van der Waals surface area contributed by atoms with Crippen molar-refractivity contribution in [3.05, 3.63) is 29.6 Å². The van der Waals surface area contributed by atoms with Crippen LogP contribution in [0.4, 0.5) is 0 Å². The molecule has 5 nitrogen and oxygen atoms in total. The van der Waals surface area contributed by atoms with Crippen LogP contribution in [0.5, 0.6) is 0 Å². The second kappa shape index (κ2) is 5.16. The normalized spacial score (nSPS) is 19.6. The van der Waals surface area contributed by atoms with Gasteiger partial charge < -0.3 is 10.0 Å². The third kappa shape index (κ3) is 2.34. The Kier molecular flexibility index (Phi) is 3.60. The minimum atomic E-state index is -0.934. The van der Waals surface area contributed by atoms with Gasteiger partial charge in [-0.2, -0.15) is 0 Å². The van der Waals surface area contributed by atoms with Crippen LogP contribution in [-0.2, 0) is 4.79 Å². The van der Waals surface area contributed by atoms with Gasteiger partial charge in [-0.15, -0.1) is 0 Å². The molecular formula is C13H16N2O3. The number of rotatable bonds is 2. The molecular weight excluding hydrogens is 232 g/mol. The number of hydrogen-bond donors (Lipinski definition) is 1. The lowest BCUT2D eigenvalue weighted by Gasteiger charge is -2.32. The monoisotopic (exact) mass is 248 g/mol. The molecule has 1 atom stereocenters. The maximum Gasteiger partial charge on any atom is 0.326 e. The molecule has 0 aliphatic carbocycles. The number of hydrogen-bond acceptors (Lipinski definition) is 3. The third-order valence-corrected chi connectivity index (χ3v) is 3.26. The number of aryl methyl sites for hydroxylation is 1. The highest BCUT2D eigenvalue weighted by Gasteiger charge is 2.33. The van der Waals surface area contributed by atoms with Gasteiger partial charge in [0.1, 0.15) is 11.7 Å². The molecule has 5 heteroatoms. The zero-order chi connectivity index (χ0) is 13.1. The van der Waals surface area contributed by atoms with E-state index in [4.69, 9.17) is 5.11 Å². The molecule has 0 radical (unpaired) electrons. The van der Waals surface area contributed by atoms with Crippen molar-refractivity contribution >= 4 is 11.9 Å². The molecule has 1 aromatic heterocycles. The van der Waals surface area contributed by atoms with Crippen LogP contribution < -0.4 is 0 Å². The molecule has 96 valence electrons. The molecule has 1 aromatic rings. The first-order valence-electron chi connectivity index (χ1n) is 6.06. The number of carbonyl (C=O) groups is 2. The Labute approximate surface area is 105 Å². The lowest BCUT2D eigenvalue weighted by Crippen LogP contribution is -2.48. The van der Waals surface area contributed by atoms with Crippen LogP contribution in [0.25, 0.3) is 0 Å².